The minimum absolute atomic E-state index is 0.463. The number of aliphatic hydroxyl groups excluding tert-OH is 1. The minimum atomic E-state index is -0.677. The maximum Gasteiger partial charge on any atom is 0.133 e. The Morgan fingerprint density at radius 1 is 1.00 bits per heavy atom. The molecule has 1 atom stereocenters. The third kappa shape index (κ3) is 4.68. The van der Waals surface area contributed by atoms with E-state index in [1.165, 1.54) is 5.56 Å². The summed E-state index contributed by atoms with van der Waals surface area (Å²) in [7, 11) is 0. The van der Waals surface area contributed by atoms with E-state index in [4.69, 9.17) is 16.0 Å². The van der Waals surface area contributed by atoms with E-state index in [2.05, 4.69) is 22.0 Å². The third-order valence-corrected chi connectivity index (χ3v) is 3.97. The molecule has 3 aromatic rings. The summed E-state index contributed by atoms with van der Waals surface area (Å²) in [5.74, 6) is 0.572. The van der Waals surface area contributed by atoms with Crippen LogP contribution in [0.5, 0.6) is 0 Å². The molecular weight excluding hydrogens is 324 g/mol. The van der Waals surface area contributed by atoms with Gasteiger partial charge in [-0.1, -0.05) is 48.0 Å². The smallest absolute Gasteiger partial charge is 0.133 e. The summed E-state index contributed by atoms with van der Waals surface area (Å²) >= 11 is 5.85. The van der Waals surface area contributed by atoms with Crippen LogP contribution in [-0.2, 0) is 13.1 Å². The molecule has 0 aliphatic heterocycles. The van der Waals surface area contributed by atoms with Gasteiger partial charge in [0.25, 0.3) is 0 Å². The number of halogens is 1. The van der Waals surface area contributed by atoms with Crippen LogP contribution >= 0.6 is 11.6 Å². The predicted octanol–water partition coefficient (Wildman–Crippen LogP) is 4.06. The number of aliphatic hydroxyl groups is 1. The van der Waals surface area contributed by atoms with Crippen molar-refractivity contribution in [3.05, 3.63) is 89.1 Å². The summed E-state index contributed by atoms with van der Waals surface area (Å²) < 4.78 is 5.31. The summed E-state index contributed by atoms with van der Waals surface area (Å²) in [5, 5.41) is 10.9. The highest BCUT2D eigenvalue weighted by Gasteiger charge is 2.16. The average molecular weight is 343 g/mol. The maximum absolute atomic E-state index is 10.4. The molecule has 0 spiro atoms. The summed E-state index contributed by atoms with van der Waals surface area (Å²) in [6, 6.07) is 17.5. The molecule has 1 unspecified atom stereocenters. The van der Waals surface area contributed by atoms with Gasteiger partial charge in [-0.2, -0.15) is 0 Å². The molecule has 0 saturated carbocycles. The van der Waals surface area contributed by atoms with Crippen molar-refractivity contribution in [2.45, 2.75) is 19.2 Å². The molecule has 0 radical (unpaired) electrons. The number of hydrogen-bond acceptors (Lipinski definition) is 4. The Morgan fingerprint density at radius 2 is 1.79 bits per heavy atom. The minimum Gasteiger partial charge on any atom is -0.467 e. The van der Waals surface area contributed by atoms with Gasteiger partial charge in [-0.25, -0.2) is 4.98 Å². The lowest BCUT2D eigenvalue weighted by Crippen LogP contribution is -2.28. The second kappa shape index (κ2) is 8.11. The van der Waals surface area contributed by atoms with Gasteiger partial charge in [-0.05, 0) is 29.3 Å². The van der Waals surface area contributed by atoms with Gasteiger partial charge in [-0.15, -0.1) is 0 Å². The highest BCUT2D eigenvalue weighted by atomic mass is 35.5. The van der Waals surface area contributed by atoms with Crippen LogP contribution in [0.4, 0.5) is 0 Å². The van der Waals surface area contributed by atoms with E-state index in [0.29, 0.717) is 24.0 Å². The Hall–Kier alpha value is -2.14. The molecule has 4 nitrogen and oxygen atoms in total. The van der Waals surface area contributed by atoms with Crippen molar-refractivity contribution >= 4 is 11.6 Å². The van der Waals surface area contributed by atoms with Crippen molar-refractivity contribution < 1.29 is 9.52 Å². The maximum atomic E-state index is 10.4. The first-order chi connectivity index (χ1) is 11.7. The molecule has 1 N–H and O–H groups in total. The lowest BCUT2D eigenvalue weighted by molar-refractivity contribution is 0.0872. The van der Waals surface area contributed by atoms with Crippen molar-refractivity contribution in [3.8, 4) is 0 Å². The van der Waals surface area contributed by atoms with Crippen molar-refractivity contribution in [2.75, 3.05) is 6.54 Å². The fourth-order valence-electron chi connectivity index (χ4n) is 2.60. The summed E-state index contributed by atoms with van der Waals surface area (Å²) in [6.45, 7) is 1.85. The van der Waals surface area contributed by atoms with Gasteiger partial charge in [0.1, 0.15) is 17.0 Å². The average Bonchev–Trinajstić information content (AvgIpc) is 3.12. The molecule has 5 heteroatoms. The lowest BCUT2D eigenvalue weighted by atomic mass is 10.1. The first-order valence-corrected chi connectivity index (χ1v) is 8.16. The quantitative estimate of drug-likeness (QED) is 0.658. The largest absolute Gasteiger partial charge is 0.467 e. The highest BCUT2D eigenvalue weighted by molar-refractivity contribution is 6.29. The molecule has 24 heavy (non-hydrogen) atoms. The molecule has 0 aliphatic rings. The number of nitrogens with zero attached hydrogens (tertiary/aromatic N) is 2. The SMILES string of the molecule is OC(CN(Cc1ccccc1)Cc1ccc(Cl)nc1)c1ccco1. The molecule has 2 aromatic heterocycles. The number of benzene rings is 1. The Bertz CT molecular complexity index is 730. The Labute approximate surface area is 146 Å². The zero-order valence-electron chi connectivity index (χ0n) is 13.2. The van der Waals surface area contributed by atoms with E-state index in [1.54, 1.807) is 30.7 Å². The van der Waals surface area contributed by atoms with Gasteiger partial charge in [0, 0.05) is 25.8 Å². The number of hydrogen-bond donors (Lipinski definition) is 1. The second-order valence-electron chi connectivity index (χ2n) is 5.68. The van der Waals surface area contributed by atoms with Crippen molar-refractivity contribution in [3.63, 3.8) is 0 Å². The Morgan fingerprint density at radius 3 is 2.46 bits per heavy atom. The van der Waals surface area contributed by atoms with Crippen LogP contribution in [0.3, 0.4) is 0 Å². The molecule has 0 amide bonds. The first-order valence-electron chi connectivity index (χ1n) is 7.79. The van der Waals surface area contributed by atoms with Gasteiger partial charge < -0.3 is 9.52 Å². The van der Waals surface area contributed by atoms with E-state index in [9.17, 15) is 5.11 Å². The molecule has 3 rings (SSSR count). The molecular formula is C19H19ClN2O2. The van der Waals surface area contributed by atoms with Gasteiger partial charge >= 0.3 is 0 Å². The summed E-state index contributed by atoms with van der Waals surface area (Å²) in [4.78, 5) is 6.29. The molecule has 0 bridgehead atoms. The van der Waals surface area contributed by atoms with E-state index < -0.39 is 6.10 Å². The molecule has 1 aromatic carbocycles. The first kappa shape index (κ1) is 16.7. The van der Waals surface area contributed by atoms with E-state index in [0.717, 1.165) is 12.1 Å². The van der Waals surface area contributed by atoms with Crippen LogP contribution in [0.1, 0.15) is 23.0 Å². The second-order valence-corrected chi connectivity index (χ2v) is 6.06. The van der Waals surface area contributed by atoms with E-state index in [-0.39, 0.29) is 0 Å². The molecule has 0 fully saturated rings. The predicted molar refractivity (Wildman–Crippen MR) is 93.5 cm³/mol. The van der Waals surface area contributed by atoms with E-state index in [1.807, 2.05) is 24.3 Å². The molecule has 124 valence electrons. The fourth-order valence-corrected chi connectivity index (χ4v) is 2.71. The molecule has 0 saturated heterocycles. The lowest BCUT2D eigenvalue weighted by Gasteiger charge is -2.24. The van der Waals surface area contributed by atoms with Crippen LogP contribution in [-0.4, -0.2) is 21.5 Å². The highest BCUT2D eigenvalue weighted by Crippen LogP contribution is 2.18. The van der Waals surface area contributed by atoms with Gasteiger partial charge in [0.05, 0.1) is 6.26 Å². The molecule has 0 aliphatic carbocycles. The van der Waals surface area contributed by atoms with Crippen LogP contribution in [0.25, 0.3) is 0 Å². The monoisotopic (exact) mass is 342 g/mol. The fraction of sp³-hybridized carbons (Fsp3) is 0.211. The van der Waals surface area contributed by atoms with Crippen LogP contribution in [0.2, 0.25) is 5.15 Å². The number of aromatic nitrogens is 1. The Balaban J connectivity index is 1.73. The summed E-state index contributed by atoms with van der Waals surface area (Å²) in [6.07, 6.45) is 2.66. The van der Waals surface area contributed by atoms with Gasteiger partial charge in [-0.3, -0.25) is 4.90 Å². The zero-order chi connectivity index (χ0) is 16.8. The number of pyridine rings is 1. The van der Waals surface area contributed by atoms with Gasteiger partial charge in [0.2, 0.25) is 0 Å². The summed E-state index contributed by atoms with van der Waals surface area (Å²) in [5.41, 5.74) is 2.23. The van der Waals surface area contributed by atoms with Crippen LogP contribution < -0.4 is 0 Å². The zero-order valence-corrected chi connectivity index (χ0v) is 13.9. The topological polar surface area (TPSA) is 49.5 Å². The molecule has 2 heterocycles. The standard InChI is InChI=1S/C19H19ClN2O2/c20-19-9-8-16(11-21-19)13-22(12-15-5-2-1-3-6-15)14-17(23)18-7-4-10-24-18/h1-11,17,23H,12-14H2. The normalized spacial score (nSPS) is 12.5. The third-order valence-electron chi connectivity index (χ3n) is 3.75. The van der Waals surface area contributed by atoms with Crippen LogP contribution in [0.15, 0.2) is 71.5 Å². The number of rotatable bonds is 7. The van der Waals surface area contributed by atoms with Crippen LogP contribution in [0, 0.1) is 0 Å². The van der Waals surface area contributed by atoms with E-state index >= 15 is 0 Å². The van der Waals surface area contributed by atoms with Crippen molar-refractivity contribution in [1.29, 1.82) is 0 Å². The van der Waals surface area contributed by atoms with Crippen molar-refractivity contribution in [1.82, 2.24) is 9.88 Å². The Kier molecular flexibility index (Phi) is 5.64. The number of furan rings is 1. The van der Waals surface area contributed by atoms with Crippen molar-refractivity contribution in [2.24, 2.45) is 0 Å². The van der Waals surface area contributed by atoms with Gasteiger partial charge in [0.15, 0.2) is 0 Å².